The summed E-state index contributed by atoms with van der Waals surface area (Å²) in [5, 5.41) is 76.2. The van der Waals surface area contributed by atoms with E-state index >= 15 is 0 Å². The minimum absolute atomic E-state index is 0.00987. The molecule has 0 aromatic heterocycles. The number of rotatable bonds is 8. The molecule has 2 bridgehead atoms. The monoisotopic (exact) mass is 737 g/mol. The number of aliphatic hydroxyl groups excluding tert-OH is 2. The molecule has 3 aromatic carbocycles. The Morgan fingerprint density at radius 2 is 1.83 bits per heavy atom. The molecule has 5 aliphatic rings. The van der Waals surface area contributed by atoms with Gasteiger partial charge in [0.2, 0.25) is 23.4 Å². The predicted molar refractivity (Wildman–Crippen MR) is 184 cm³/mol. The zero-order valence-corrected chi connectivity index (χ0v) is 29.5. The molecule has 284 valence electrons. The van der Waals surface area contributed by atoms with E-state index in [-0.39, 0.29) is 36.3 Å². The van der Waals surface area contributed by atoms with Crippen LogP contribution in [0.4, 0.5) is 0 Å². The number of aliphatic hydroxyl groups is 4. The van der Waals surface area contributed by atoms with Gasteiger partial charge in [0.25, 0.3) is 0 Å². The van der Waals surface area contributed by atoms with E-state index in [0.29, 0.717) is 52.3 Å². The van der Waals surface area contributed by atoms with Crippen LogP contribution in [0.1, 0.15) is 54.0 Å². The van der Waals surface area contributed by atoms with E-state index < -0.39 is 59.6 Å². The summed E-state index contributed by atoms with van der Waals surface area (Å²) in [6.07, 6.45) is -5.30. The van der Waals surface area contributed by atoms with Crippen LogP contribution < -0.4 is 39.6 Å². The molecular weight excluding hydrogens is 694 g/mol. The second kappa shape index (κ2) is 12.6. The van der Waals surface area contributed by atoms with E-state index in [9.17, 15) is 35.4 Å². The zero-order chi connectivity index (χ0) is 37.6. The number of likely N-dealkylation sites (N-methyl/N-ethyl adjacent to an activating group) is 1. The van der Waals surface area contributed by atoms with E-state index in [2.05, 4.69) is 16.0 Å². The molecule has 0 radical (unpaired) electrons. The molecule has 8 rings (SSSR count). The molecule has 16 nitrogen and oxygen atoms in total. The summed E-state index contributed by atoms with van der Waals surface area (Å²) in [6, 6.07) is 10.3. The van der Waals surface area contributed by atoms with Crippen molar-refractivity contribution in [1.82, 2.24) is 16.0 Å². The second-order valence-corrected chi connectivity index (χ2v) is 14.2. The molecule has 16 heteroatoms. The van der Waals surface area contributed by atoms with Gasteiger partial charge in [-0.15, -0.1) is 0 Å². The lowest BCUT2D eigenvalue weighted by molar-refractivity contribution is -0.362. The summed E-state index contributed by atoms with van der Waals surface area (Å²) in [4.78, 5) is 12.8. The number of fused-ring (bicyclic) bond motifs is 4. The van der Waals surface area contributed by atoms with Crippen LogP contribution in [0.3, 0.4) is 0 Å². The van der Waals surface area contributed by atoms with Gasteiger partial charge in [-0.25, -0.2) is 4.79 Å². The maximum atomic E-state index is 12.8. The van der Waals surface area contributed by atoms with Crippen LogP contribution in [-0.4, -0.2) is 113 Å². The van der Waals surface area contributed by atoms with Crippen LogP contribution in [0.25, 0.3) is 11.1 Å². The number of phenolic OH excluding ortho intramolecular Hbond substituents is 1. The maximum Gasteiger partial charge on any atom is 0.340 e. The number of hydrogen-bond acceptors (Lipinski definition) is 15. The average molecular weight is 738 g/mol. The molecule has 3 aromatic rings. The van der Waals surface area contributed by atoms with E-state index in [1.807, 2.05) is 13.1 Å². The molecule has 4 aliphatic heterocycles. The van der Waals surface area contributed by atoms with E-state index in [1.54, 1.807) is 25.3 Å². The van der Waals surface area contributed by atoms with Crippen LogP contribution in [0.2, 0.25) is 0 Å². The number of methoxy groups -OCH3 is 2. The Labute approximate surface area is 304 Å². The predicted octanol–water partition coefficient (Wildman–Crippen LogP) is 0.979. The molecule has 0 spiro atoms. The molecule has 9 N–H and O–H groups in total. The lowest BCUT2D eigenvalue weighted by Crippen LogP contribution is -2.87. The third-order valence-corrected chi connectivity index (χ3v) is 11.5. The molecule has 4 heterocycles. The first-order chi connectivity index (χ1) is 25.3. The first-order valence-electron chi connectivity index (χ1n) is 17.4. The third-order valence-electron chi connectivity index (χ3n) is 11.5. The Hall–Kier alpha value is -4.39. The van der Waals surface area contributed by atoms with Crippen molar-refractivity contribution in [2.24, 2.45) is 0 Å². The van der Waals surface area contributed by atoms with Gasteiger partial charge in [-0.3, -0.25) is 5.32 Å². The van der Waals surface area contributed by atoms with E-state index in [0.717, 1.165) is 5.56 Å². The van der Waals surface area contributed by atoms with Gasteiger partial charge in [0.1, 0.15) is 29.5 Å². The van der Waals surface area contributed by atoms with Crippen molar-refractivity contribution in [2.75, 3.05) is 34.9 Å². The summed E-state index contributed by atoms with van der Waals surface area (Å²) in [7, 11) is 6.40. The Kier molecular flexibility index (Phi) is 8.47. The first-order valence-corrected chi connectivity index (χ1v) is 17.4. The van der Waals surface area contributed by atoms with Crippen molar-refractivity contribution in [3.8, 4) is 45.6 Å². The number of piperidine rings is 1. The third kappa shape index (κ3) is 5.01. The van der Waals surface area contributed by atoms with Crippen molar-refractivity contribution in [3.05, 3.63) is 59.2 Å². The summed E-state index contributed by atoms with van der Waals surface area (Å²) >= 11 is 0. The fourth-order valence-corrected chi connectivity index (χ4v) is 8.95. The number of phenols is 1. The molecule has 2 saturated heterocycles. The normalized spacial score (nSPS) is 35.1. The van der Waals surface area contributed by atoms with Crippen molar-refractivity contribution in [3.63, 3.8) is 0 Å². The van der Waals surface area contributed by atoms with Crippen LogP contribution in [0.15, 0.2) is 42.5 Å². The largest absolute Gasteiger partial charge is 0.508 e. The molecule has 0 unspecified atom stereocenters. The van der Waals surface area contributed by atoms with Crippen molar-refractivity contribution in [2.45, 2.75) is 79.0 Å². The highest BCUT2D eigenvalue weighted by molar-refractivity contribution is 5.81. The standard InChI is InChI=1S/C37H43N3O13/c1-38-21-9-6-10-35(46)27-26-20(21)14-23(48-3)28(49-4)30(26)51-29(27)25-19(16-7-5-8-17(41)11-16)12-18(13-22(25)52-35)50-32-31(42)37(47)33(43)36(53-32,34(44)45)24(39-2)15-40-37/h5,7-8,11-14,21,24,27,29,31-33,38-43,46-47H,6,9-10,15H2,1-4H3,(H,44,45)/t21-,24-,27-,29+,31+,32+,33-,35+,36+,37+/m1/s1. The van der Waals surface area contributed by atoms with Crippen molar-refractivity contribution >= 4 is 5.97 Å². The van der Waals surface area contributed by atoms with Gasteiger partial charge in [0.05, 0.1) is 26.2 Å². The van der Waals surface area contributed by atoms with Gasteiger partial charge in [-0.05, 0) is 67.9 Å². The number of aromatic hydroxyl groups is 1. The number of benzene rings is 3. The van der Waals surface area contributed by atoms with Crippen molar-refractivity contribution < 1.29 is 63.9 Å². The quantitative estimate of drug-likeness (QED) is 0.157. The minimum Gasteiger partial charge on any atom is -0.508 e. The highest BCUT2D eigenvalue weighted by atomic mass is 16.7. The number of aliphatic carboxylic acids is 1. The van der Waals surface area contributed by atoms with Gasteiger partial charge in [-0.2, -0.15) is 0 Å². The number of hydrogen-bond donors (Lipinski definition) is 9. The lowest BCUT2D eigenvalue weighted by atomic mass is 9.73. The number of carbonyl (C=O) groups is 1. The van der Waals surface area contributed by atoms with Gasteiger partial charge < -0.3 is 69.7 Å². The highest BCUT2D eigenvalue weighted by Gasteiger charge is 2.71. The number of nitrogens with one attached hydrogen (secondary N) is 3. The highest BCUT2D eigenvalue weighted by Crippen LogP contribution is 2.65. The fourth-order valence-electron chi connectivity index (χ4n) is 8.95. The summed E-state index contributed by atoms with van der Waals surface area (Å²) in [5.74, 6) is -2.79. The Morgan fingerprint density at radius 1 is 1.04 bits per heavy atom. The van der Waals surface area contributed by atoms with Crippen molar-refractivity contribution in [1.29, 1.82) is 0 Å². The smallest absolute Gasteiger partial charge is 0.340 e. The van der Waals surface area contributed by atoms with Gasteiger partial charge in [-0.1, -0.05) is 12.1 Å². The molecule has 1 aliphatic carbocycles. The molecule has 0 amide bonds. The topological polar surface area (TPSA) is 230 Å². The first kappa shape index (κ1) is 35.6. The maximum absolute atomic E-state index is 12.8. The van der Waals surface area contributed by atoms with Crippen LogP contribution in [-0.2, 0) is 9.53 Å². The minimum atomic E-state index is -2.53. The number of carboxylic acids is 1. The molecule has 2 fully saturated rings. The summed E-state index contributed by atoms with van der Waals surface area (Å²) < 4.78 is 37.1. The van der Waals surface area contributed by atoms with Crippen LogP contribution >= 0.6 is 0 Å². The molecular formula is C37H43N3O13. The number of carboxylic acid groups (broad SMARTS) is 1. The van der Waals surface area contributed by atoms with Crippen LogP contribution in [0.5, 0.6) is 34.5 Å². The van der Waals surface area contributed by atoms with Gasteiger partial charge in [0, 0.05) is 36.2 Å². The number of ether oxygens (including phenoxy) is 6. The molecule has 53 heavy (non-hydrogen) atoms. The summed E-state index contributed by atoms with van der Waals surface area (Å²) in [5.41, 5.74) is -1.89. The van der Waals surface area contributed by atoms with E-state index in [1.165, 1.54) is 32.4 Å². The Bertz CT molecular complexity index is 1960. The molecule has 0 saturated carbocycles. The summed E-state index contributed by atoms with van der Waals surface area (Å²) in [6.45, 7) is -0.161. The Balaban J connectivity index is 1.30. The van der Waals surface area contributed by atoms with Crippen LogP contribution in [0, 0.1) is 0 Å². The average Bonchev–Trinajstić information content (AvgIpc) is 3.54. The zero-order valence-electron chi connectivity index (χ0n) is 29.5. The lowest BCUT2D eigenvalue weighted by Gasteiger charge is -2.58. The van der Waals surface area contributed by atoms with Gasteiger partial charge >= 0.3 is 5.97 Å². The van der Waals surface area contributed by atoms with Gasteiger partial charge in [0.15, 0.2) is 23.3 Å². The fraction of sp³-hybridized carbons (Fsp3) is 0.486. The Morgan fingerprint density at radius 3 is 2.51 bits per heavy atom. The molecule has 10 atom stereocenters. The SMILES string of the molecule is CN[C@@H]1CCC[C@]2(O)Oc3cc(O[C@H]4O[C@@]5(C(=O)O)[C@H](NC)CN[C@](O)([C@H]4O)[C@@H]5O)cc(-c4cccc(O)c4)c3[C@@H]3Oc4c(OC)c(OC)cc1c4[C@H]32. The van der Waals surface area contributed by atoms with E-state index in [4.69, 9.17) is 28.4 Å². The second-order valence-electron chi connectivity index (χ2n) is 14.2.